The Balaban J connectivity index is 3.14. The molecule has 0 unspecified atom stereocenters. The smallest absolute Gasteiger partial charge is 0.345 e. The van der Waals surface area contributed by atoms with Crippen molar-refractivity contribution in [1.82, 2.24) is 0 Å². The van der Waals surface area contributed by atoms with E-state index in [1.54, 1.807) is 6.08 Å². The maximum Gasteiger partial charge on any atom is 0.345 e. The van der Waals surface area contributed by atoms with Crippen LogP contribution in [0.3, 0.4) is 0 Å². The molecule has 1 aromatic carbocycles. The van der Waals surface area contributed by atoms with Gasteiger partial charge < -0.3 is 9.47 Å². The van der Waals surface area contributed by atoms with E-state index in [9.17, 15) is 9.59 Å². The highest BCUT2D eigenvalue weighted by molar-refractivity contribution is 6.17. The van der Waals surface area contributed by atoms with E-state index in [4.69, 9.17) is 9.47 Å². The Morgan fingerprint density at radius 1 is 0.917 bits per heavy atom. The van der Waals surface area contributed by atoms with Crippen molar-refractivity contribution in [2.75, 3.05) is 13.2 Å². The average molecular weight is 332 g/mol. The summed E-state index contributed by atoms with van der Waals surface area (Å²) in [5, 5.41) is 0. The summed E-state index contributed by atoms with van der Waals surface area (Å²) < 4.78 is 10.5. The van der Waals surface area contributed by atoms with E-state index in [2.05, 4.69) is 0 Å². The van der Waals surface area contributed by atoms with Crippen LogP contribution >= 0.6 is 0 Å². The van der Waals surface area contributed by atoms with Crippen LogP contribution in [0, 0.1) is 25.7 Å². The van der Waals surface area contributed by atoms with Gasteiger partial charge >= 0.3 is 11.9 Å². The van der Waals surface area contributed by atoms with Crippen molar-refractivity contribution in [3.63, 3.8) is 0 Å². The fourth-order valence-electron chi connectivity index (χ4n) is 2.04. The summed E-state index contributed by atoms with van der Waals surface area (Å²) in [5.41, 5.74) is 2.76. The van der Waals surface area contributed by atoms with Gasteiger partial charge in [-0.1, -0.05) is 45.9 Å². The minimum Gasteiger partial charge on any atom is -0.462 e. The van der Waals surface area contributed by atoms with E-state index < -0.39 is 11.9 Å². The molecule has 1 aromatic rings. The average Bonchev–Trinajstić information content (AvgIpc) is 2.50. The normalized spacial score (nSPS) is 10.7. The maximum absolute atomic E-state index is 12.4. The molecule has 0 fully saturated rings. The lowest BCUT2D eigenvalue weighted by Gasteiger charge is -2.13. The predicted octanol–water partition coefficient (Wildman–Crippen LogP) is 4.09. The molecule has 0 atom stereocenters. The Morgan fingerprint density at radius 3 is 1.71 bits per heavy atom. The second kappa shape index (κ2) is 9.26. The molecule has 24 heavy (non-hydrogen) atoms. The minimum absolute atomic E-state index is 0.0614. The van der Waals surface area contributed by atoms with Gasteiger partial charge in [0.2, 0.25) is 0 Å². The molecule has 0 saturated carbocycles. The molecule has 132 valence electrons. The van der Waals surface area contributed by atoms with Gasteiger partial charge in [-0.2, -0.15) is 0 Å². The third-order valence-corrected chi connectivity index (χ3v) is 3.37. The van der Waals surface area contributed by atoms with E-state index in [1.165, 1.54) is 0 Å². The number of esters is 2. The summed E-state index contributed by atoms with van der Waals surface area (Å²) in [6, 6.07) is 5.82. The fourth-order valence-corrected chi connectivity index (χ4v) is 2.04. The molecule has 0 heterocycles. The summed E-state index contributed by atoms with van der Waals surface area (Å²) in [5.74, 6) is -0.885. The summed E-state index contributed by atoms with van der Waals surface area (Å²) in [7, 11) is 0. The molecule has 0 bridgehead atoms. The molecule has 0 saturated heterocycles. The van der Waals surface area contributed by atoms with Gasteiger partial charge in [0.15, 0.2) is 0 Å². The lowest BCUT2D eigenvalue weighted by molar-refractivity contribution is -0.148. The lowest BCUT2D eigenvalue weighted by atomic mass is 10.0. The Labute approximate surface area is 144 Å². The van der Waals surface area contributed by atoms with E-state index >= 15 is 0 Å². The zero-order valence-corrected chi connectivity index (χ0v) is 15.5. The van der Waals surface area contributed by atoms with Crippen molar-refractivity contribution < 1.29 is 19.1 Å². The summed E-state index contributed by atoms with van der Waals surface area (Å²) in [6.07, 6.45) is 1.58. The standard InChI is InChI=1S/C20H28O4/c1-13(2)11-23-19(21)18(20(22)24-12-14(3)4)10-17-15(5)8-7-9-16(17)6/h7-10,13-14H,11-12H2,1-6H3. The number of rotatable bonds is 7. The van der Waals surface area contributed by atoms with E-state index in [1.807, 2.05) is 59.7 Å². The minimum atomic E-state index is -0.639. The molecule has 0 aromatic heterocycles. The third-order valence-electron chi connectivity index (χ3n) is 3.37. The first-order valence-electron chi connectivity index (χ1n) is 8.34. The number of ether oxygens (including phenoxy) is 2. The van der Waals surface area contributed by atoms with Crippen molar-refractivity contribution in [1.29, 1.82) is 0 Å². The molecule has 0 aliphatic rings. The van der Waals surface area contributed by atoms with Gasteiger partial charge in [-0.3, -0.25) is 0 Å². The molecule has 0 radical (unpaired) electrons. The second-order valence-electron chi connectivity index (χ2n) is 6.85. The van der Waals surface area contributed by atoms with Gasteiger partial charge in [-0.25, -0.2) is 9.59 Å². The topological polar surface area (TPSA) is 52.6 Å². The second-order valence-corrected chi connectivity index (χ2v) is 6.85. The molecule has 0 amide bonds. The molecule has 1 rings (SSSR count). The number of hydrogen-bond donors (Lipinski definition) is 0. The van der Waals surface area contributed by atoms with Crippen molar-refractivity contribution in [2.45, 2.75) is 41.5 Å². The van der Waals surface area contributed by atoms with Crippen LogP contribution in [-0.2, 0) is 19.1 Å². The van der Waals surface area contributed by atoms with Crippen LogP contribution in [0.25, 0.3) is 6.08 Å². The molecular formula is C20H28O4. The Kier molecular flexibility index (Phi) is 7.69. The molecule has 0 spiro atoms. The van der Waals surface area contributed by atoms with E-state index in [0.717, 1.165) is 16.7 Å². The zero-order valence-electron chi connectivity index (χ0n) is 15.5. The number of carbonyl (C=O) groups is 2. The first-order chi connectivity index (χ1) is 11.2. The molecule has 0 N–H and O–H groups in total. The summed E-state index contributed by atoms with van der Waals surface area (Å²) in [4.78, 5) is 24.7. The quantitative estimate of drug-likeness (QED) is 0.327. The first-order valence-corrected chi connectivity index (χ1v) is 8.34. The lowest BCUT2D eigenvalue weighted by Crippen LogP contribution is -2.21. The number of aryl methyl sites for hydroxylation is 2. The zero-order chi connectivity index (χ0) is 18.3. The molecule has 0 aliphatic carbocycles. The Morgan fingerprint density at radius 2 is 1.33 bits per heavy atom. The van der Waals surface area contributed by atoms with Crippen molar-refractivity contribution >= 4 is 18.0 Å². The number of benzene rings is 1. The molecular weight excluding hydrogens is 304 g/mol. The third kappa shape index (κ3) is 6.19. The Hall–Kier alpha value is -2.10. The fraction of sp³-hybridized carbons (Fsp3) is 0.500. The van der Waals surface area contributed by atoms with Crippen LogP contribution in [0.15, 0.2) is 23.8 Å². The van der Waals surface area contributed by atoms with E-state index in [0.29, 0.717) is 0 Å². The van der Waals surface area contributed by atoms with Gasteiger partial charge in [0.25, 0.3) is 0 Å². The molecule has 4 heteroatoms. The van der Waals surface area contributed by atoms with Gasteiger partial charge in [0.05, 0.1) is 13.2 Å². The van der Waals surface area contributed by atoms with Crippen molar-refractivity contribution in [2.24, 2.45) is 11.8 Å². The van der Waals surface area contributed by atoms with Crippen LogP contribution in [0.2, 0.25) is 0 Å². The van der Waals surface area contributed by atoms with Crippen LogP contribution in [0.4, 0.5) is 0 Å². The highest BCUT2D eigenvalue weighted by Gasteiger charge is 2.23. The monoisotopic (exact) mass is 332 g/mol. The number of hydrogen-bond acceptors (Lipinski definition) is 4. The molecule has 4 nitrogen and oxygen atoms in total. The first kappa shape index (κ1) is 19.9. The van der Waals surface area contributed by atoms with Crippen LogP contribution in [0.1, 0.15) is 44.4 Å². The number of carbonyl (C=O) groups excluding carboxylic acids is 2. The van der Waals surface area contributed by atoms with Crippen LogP contribution < -0.4 is 0 Å². The van der Waals surface area contributed by atoms with Crippen molar-refractivity contribution in [3.8, 4) is 0 Å². The van der Waals surface area contributed by atoms with Crippen molar-refractivity contribution in [3.05, 3.63) is 40.5 Å². The SMILES string of the molecule is Cc1cccc(C)c1C=C(C(=O)OCC(C)C)C(=O)OCC(C)C. The maximum atomic E-state index is 12.4. The highest BCUT2D eigenvalue weighted by Crippen LogP contribution is 2.19. The van der Waals surface area contributed by atoms with E-state index in [-0.39, 0.29) is 30.6 Å². The summed E-state index contributed by atoms with van der Waals surface area (Å²) in [6.45, 7) is 12.2. The van der Waals surface area contributed by atoms with Gasteiger partial charge in [-0.15, -0.1) is 0 Å². The molecule has 0 aliphatic heterocycles. The highest BCUT2D eigenvalue weighted by atomic mass is 16.6. The van der Waals surface area contributed by atoms with Gasteiger partial charge in [0.1, 0.15) is 5.57 Å². The Bertz CT molecular complexity index is 566. The van der Waals surface area contributed by atoms with Gasteiger partial charge in [0, 0.05) is 0 Å². The van der Waals surface area contributed by atoms with Gasteiger partial charge in [-0.05, 0) is 48.4 Å². The van der Waals surface area contributed by atoms with Crippen LogP contribution in [0.5, 0.6) is 0 Å². The van der Waals surface area contributed by atoms with Crippen LogP contribution in [-0.4, -0.2) is 25.2 Å². The largest absolute Gasteiger partial charge is 0.462 e. The summed E-state index contributed by atoms with van der Waals surface area (Å²) >= 11 is 0. The predicted molar refractivity (Wildman–Crippen MR) is 95.5 cm³/mol.